The summed E-state index contributed by atoms with van der Waals surface area (Å²) in [6.07, 6.45) is -3.88. The highest BCUT2D eigenvalue weighted by Gasteiger charge is 2.36. The molecular formula is C21H20F3N7. The van der Waals surface area contributed by atoms with E-state index in [1.54, 1.807) is 4.68 Å². The molecule has 0 spiro atoms. The molecule has 0 bridgehead atoms. The van der Waals surface area contributed by atoms with Gasteiger partial charge >= 0.3 is 6.18 Å². The van der Waals surface area contributed by atoms with Gasteiger partial charge in [-0.15, -0.1) is 5.10 Å². The molecule has 1 saturated heterocycles. The molecule has 1 aromatic carbocycles. The second-order valence-electron chi connectivity index (χ2n) is 7.97. The summed E-state index contributed by atoms with van der Waals surface area (Å²) in [5.74, 6) is 3.70. The molecule has 0 aliphatic carbocycles. The van der Waals surface area contributed by atoms with Crippen LogP contribution < -0.4 is 4.90 Å². The van der Waals surface area contributed by atoms with E-state index in [0.29, 0.717) is 48.2 Å². The quantitative estimate of drug-likeness (QED) is 0.636. The molecule has 1 fully saturated rings. The number of aryl methyl sites for hydroxylation is 3. The van der Waals surface area contributed by atoms with E-state index in [1.165, 1.54) is 12.1 Å². The molecule has 0 amide bonds. The van der Waals surface area contributed by atoms with Gasteiger partial charge < -0.3 is 4.90 Å². The lowest BCUT2D eigenvalue weighted by Crippen LogP contribution is -2.51. The van der Waals surface area contributed by atoms with Crippen LogP contribution in [0, 0.1) is 26.7 Å². The number of halogens is 3. The number of alkyl halides is 3. The minimum Gasteiger partial charge on any atom is -0.355 e. The minimum atomic E-state index is -4.34. The Kier molecular flexibility index (Phi) is 4.35. The van der Waals surface area contributed by atoms with Gasteiger partial charge in [0, 0.05) is 37.2 Å². The fourth-order valence-electron chi connectivity index (χ4n) is 4.06. The molecule has 10 heteroatoms. The Morgan fingerprint density at radius 2 is 1.68 bits per heavy atom. The van der Waals surface area contributed by atoms with Gasteiger partial charge in [0.2, 0.25) is 0 Å². The normalized spacial score (nSPS) is 16.3. The molecule has 3 aromatic rings. The van der Waals surface area contributed by atoms with E-state index in [0.717, 1.165) is 23.4 Å². The van der Waals surface area contributed by atoms with Gasteiger partial charge in [0.05, 0.1) is 11.3 Å². The average molecular weight is 427 g/mol. The number of hydrogen-bond donors (Lipinski definition) is 0. The summed E-state index contributed by atoms with van der Waals surface area (Å²) in [5.41, 5.74) is 1.58. The predicted octanol–water partition coefficient (Wildman–Crippen LogP) is 3.77. The fraction of sp³-hybridized carbons (Fsp3) is 0.381. The summed E-state index contributed by atoms with van der Waals surface area (Å²) in [7, 11) is 0. The molecule has 2 aromatic heterocycles. The van der Waals surface area contributed by atoms with Crippen LogP contribution in [0.4, 0.5) is 24.7 Å². The maximum atomic E-state index is 13.0. The predicted molar refractivity (Wildman–Crippen MR) is 109 cm³/mol. The first-order valence-electron chi connectivity index (χ1n) is 9.96. The molecule has 5 rings (SSSR count). The van der Waals surface area contributed by atoms with Gasteiger partial charge in [-0.25, -0.2) is 15.0 Å². The lowest BCUT2D eigenvalue weighted by Gasteiger charge is -2.40. The van der Waals surface area contributed by atoms with Gasteiger partial charge in [-0.05, 0) is 44.5 Å². The molecular weight excluding hydrogens is 407 g/mol. The zero-order valence-corrected chi connectivity index (χ0v) is 17.3. The maximum Gasteiger partial charge on any atom is 0.416 e. The zero-order valence-electron chi connectivity index (χ0n) is 17.3. The monoisotopic (exact) mass is 427 g/mol. The van der Waals surface area contributed by atoms with E-state index in [2.05, 4.69) is 29.9 Å². The highest BCUT2D eigenvalue weighted by Crippen LogP contribution is 2.37. The lowest BCUT2D eigenvalue weighted by molar-refractivity contribution is -0.137. The number of fused-ring (bicyclic) bond motifs is 1. The smallest absolute Gasteiger partial charge is 0.355 e. The van der Waals surface area contributed by atoms with Crippen LogP contribution >= 0.6 is 0 Å². The summed E-state index contributed by atoms with van der Waals surface area (Å²) >= 11 is 0. The van der Waals surface area contributed by atoms with Crippen LogP contribution in [0.25, 0.3) is 5.82 Å². The largest absolute Gasteiger partial charge is 0.416 e. The van der Waals surface area contributed by atoms with Crippen LogP contribution in [-0.2, 0) is 12.6 Å². The Balaban J connectivity index is 1.31. The highest BCUT2D eigenvalue weighted by molar-refractivity contribution is 5.97. The van der Waals surface area contributed by atoms with Gasteiger partial charge in [-0.1, -0.05) is 0 Å². The van der Waals surface area contributed by atoms with Crippen molar-refractivity contribution in [3.63, 3.8) is 0 Å². The SMILES string of the molecule is Cc1nc(N2CC(C3=Nc4ccc(C(F)(F)F)cc4C3)C2)cc(-n2nc(C)nc2C)n1. The third-order valence-electron chi connectivity index (χ3n) is 5.62. The Labute approximate surface area is 176 Å². The first-order chi connectivity index (χ1) is 14.7. The van der Waals surface area contributed by atoms with Crippen molar-refractivity contribution in [3.05, 3.63) is 52.9 Å². The van der Waals surface area contributed by atoms with Crippen LogP contribution in [0.1, 0.15) is 28.6 Å². The van der Waals surface area contributed by atoms with Gasteiger partial charge in [-0.3, -0.25) is 4.99 Å². The number of aromatic nitrogens is 5. The average Bonchev–Trinajstić information content (AvgIpc) is 3.21. The van der Waals surface area contributed by atoms with Crippen LogP contribution in [0.15, 0.2) is 29.3 Å². The Morgan fingerprint density at radius 3 is 2.35 bits per heavy atom. The first-order valence-corrected chi connectivity index (χ1v) is 9.96. The third kappa shape index (κ3) is 3.55. The molecule has 0 saturated carbocycles. The van der Waals surface area contributed by atoms with Crippen molar-refractivity contribution in [2.24, 2.45) is 10.9 Å². The molecule has 160 valence electrons. The molecule has 7 nitrogen and oxygen atoms in total. The topological polar surface area (TPSA) is 72.1 Å². The second kappa shape index (κ2) is 6.86. The standard InChI is InChI=1S/C21H20F3N7/c1-11-26-19(8-20(27-11)31-13(3)25-12(2)29-31)30-9-15(10-30)18-7-14-6-16(21(22,23)24)4-5-17(14)28-18/h4-6,8,15H,7,9-10H2,1-3H3. The van der Waals surface area contributed by atoms with Crippen molar-refractivity contribution < 1.29 is 13.2 Å². The number of benzene rings is 1. The van der Waals surface area contributed by atoms with Crippen LogP contribution in [0.3, 0.4) is 0 Å². The molecule has 0 unspecified atom stereocenters. The fourth-order valence-corrected chi connectivity index (χ4v) is 4.06. The van der Waals surface area contributed by atoms with Crippen molar-refractivity contribution in [2.45, 2.75) is 33.4 Å². The Bertz CT molecular complexity index is 1210. The minimum absolute atomic E-state index is 0.191. The van der Waals surface area contributed by atoms with E-state index in [4.69, 9.17) is 0 Å². The molecule has 4 heterocycles. The van der Waals surface area contributed by atoms with E-state index < -0.39 is 11.7 Å². The number of anilines is 1. The zero-order chi connectivity index (χ0) is 21.9. The number of rotatable bonds is 3. The molecule has 0 radical (unpaired) electrons. The maximum absolute atomic E-state index is 13.0. The highest BCUT2D eigenvalue weighted by atomic mass is 19.4. The summed E-state index contributed by atoms with van der Waals surface area (Å²) in [5, 5.41) is 4.39. The summed E-state index contributed by atoms with van der Waals surface area (Å²) in [4.78, 5) is 20.1. The summed E-state index contributed by atoms with van der Waals surface area (Å²) < 4.78 is 40.6. The van der Waals surface area contributed by atoms with Crippen LogP contribution in [-0.4, -0.2) is 43.5 Å². The van der Waals surface area contributed by atoms with Crippen molar-refractivity contribution in [2.75, 3.05) is 18.0 Å². The van der Waals surface area contributed by atoms with Crippen LogP contribution in [0.2, 0.25) is 0 Å². The van der Waals surface area contributed by atoms with E-state index >= 15 is 0 Å². The van der Waals surface area contributed by atoms with Gasteiger partial charge in [0.1, 0.15) is 23.3 Å². The lowest BCUT2D eigenvalue weighted by atomic mass is 9.91. The van der Waals surface area contributed by atoms with Gasteiger partial charge in [0.25, 0.3) is 0 Å². The Hall–Kier alpha value is -3.30. The van der Waals surface area contributed by atoms with Crippen molar-refractivity contribution >= 4 is 17.2 Å². The van der Waals surface area contributed by atoms with E-state index in [1.807, 2.05) is 26.8 Å². The van der Waals surface area contributed by atoms with Crippen molar-refractivity contribution in [1.82, 2.24) is 24.7 Å². The second-order valence-corrected chi connectivity index (χ2v) is 7.97. The molecule has 2 aliphatic rings. The molecule has 0 atom stereocenters. The summed E-state index contributed by atoms with van der Waals surface area (Å²) in [6.45, 7) is 6.96. The molecule has 2 aliphatic heterocycles. The number of nitrogens with zero attached hydrogens (tertiary/aromatic N) is 7. The van der Waals surface area contributed by atoms with Gasteiger partial charge in [0.15, 0.2) is 5.82 Å². The number of aliphatic imine (C=N–C) groups is 1. The first kappa shape index (κ1) is 19.7. The molecule has 0 N–H and O–H groups in total. The van der Waals surface area contributed by atoms with Crippen molar-refractivity contribution in [3.8, 4) is 5.82 Å². The Morgan fingerprint density at radius 1 is 0.935 bits per heavy atom. The van der Waals surface area contributed by atoms with E-state index in [9.17, 15) is 13.2 Å². The summed E-state index contributed by atoms with van der Waals surface area (Å²) in [6, 6.07) is 5.65. The van der Waals surface area contributed by atoms with Crippen LogP contribution in [0.5, 0.6) is 0 Å². The van der Waals surface area contributed by atoms with E-state index in [-0.39, 0.29) is 5.92 Å². The van der Waals surface area contributed by atoms with Crippen molar-refractivity contribution in [1.29, 1.82) is 0 Å². The van der Waals surface area contributed by atoms with Gasteiger partial charge in [-0.2, -0.15) is 17.9 Å². The third-order valence-corrected chi connectivity index (χ3v) is 5.62. The molecule has 31 heavy (non-hydrogen) atoms. The number of hydrogen-bond acceptors (Lipinski definition) is 6.